The van der Waals surface area contributed by atoms with Crippen LogP contribution in [0, 0.1) is 0 Å². The minimum atomic E-state index is -4.19. The quantitative estimate of drug-likeness (QED) is 0.736. The maximum absolute atomic E-state index is 12.0. The van der Waals surface area contributed by atoms with E-state index in [9.17, 15) is 13.2 Å². The number of hydrogen-bond acceptors (Lipinski definition) is 2. The van der Waals surface area contributed by atoms with E-state index in [1.54, 1.807) is 0 Å². The van der Waals surface area contributed by atoms with Crippen LogP contribution in [0.15, 0.2) is 12.3 Å². The Morgan fingerprint density at radius 1 is 1.36 bits per heavy atom. The van der Waals surface area contributed by atoms with Crippen molar-refractivity contribution < 1.29 is 13.2 Å². The summed E-state index contributed by atoms with van der Waals surface area (Å²) in [5, 5.41) is 0. The summed E-state index contributed by atoms with van der Waals surface area (Å²) in [5.41, 5.74) is 0.0643. The first-order valence-corrected chi connectivity index (χ1v) is 4.43. The van der Waals surface area contributed by atoms with Crippen LogP contribution in [0.1, 0.15) is 30.3 Å². The third-order valence-electron chi connectivity index (χ3n) is 2.06. The first kappa shape index (κ1) is 9.43. The van der Waals surface area contributed by atoms with E-state index >= 15 is 0 Å². The predicted molar refractivity (Wildman–Crippen MR) is 43.8 cm³/mol. The van der Waals surface area contributed by atoms with Crippen molar-refractivity contribution in [2.45, 2.75) is 31.4 Å². The smallest absolute Gasteiger partial charge is 0.241 e. The van der Waals surface area contributed by atoms with Gasteiger partial charge in [0.05, 0.1) is 12.1 Å². The second-order valence-corrected chi connectivity index (χ2v) is 3.47. The standard InChI is InChI=1S/C9H9F3N2/c10-9(11,12)5-7-3-4-13-8(14-7)6-1-2-6/h3-4,6H,1-2,5H2. The summed E-state index contributed by atoms with van der Waals surface area (Å²) in [6.45, 7) is 0. The SMILES string of the molecule is FC(F)(F)Cc1ccnc(C2CC2)n1. The van der Waals surface area contributed by atoms with Crippen molar-refractivity contribution in [2.75, 3.05) is 0 Å². The zero-order chi connectivity index (χ0) is 10.2. The average molecular weight is 202 g/mol. The van der Waals surface area contributed by atoms with Gasteiger partial charge < -0.3 is 0 Å². The molecule has 1 aromatic rings. The molecule has 1 aromatic heterocycles. The fourth-order valence-electron chi connectivity index (χ4n) is 1.25. The van der Waals surface area contributed by atoms with Crippen LogP contribution >= 0.6 is 0 Å². The Bertz CT molecular complexity index is 331. The summed E-state index contributed by atoms with van der Waals surface area (Å²) in [4.78, 5) is 7.84. The molecule has 2 nitrogen and oxygen atoms in total. The van der Waals surface area contributed by atoms with E-state index in [1.807, 2.05) is 0 Å². The topological polar surface area (TPSA) is 25.8 Å². The van der Waals surface area contributed by atoms with Crippen LogP contribution in [0.2, 0.25) is 0 Å². The highest BCUT2D eigenvalue weighted by atomic mass is 19.4. The van der Waals surface area contributed by atoms with Crippen molar-refractivity contribution in [3.05, 3.63) is 23.8 Å². The molecule has 0 spiro atoms. The molecule has 76 valence electrons. The van der Waals surface area contributed by atoms with Crippen LogP contribution in [0.3, 0.4) is 0 Å². The van der Waals surface area contributed by atoms with Crippen molar-refractivity contribution >= 4 is 0 Å². The fourth-order valence-corrected chi connectivity index (χ4v) is 1.25. The molecule has 1 aliphatic carbocycles. The monoisotopic (exact) mass is 202 g/mol. The molecule has 1 heterocycles. The second kappa shape index (κ2) is 3.22. The van der Waals surface area contributed by atoms with E-state index in [0.29, 0.717) is 11.7 Å². The molecular formula is C9H9F3N2. The minimum Gasteiger partial charge on any atom is -0.241 e. The molecule has 1 fully saturated rings. The molecule has 2 rings (SSSR count). The lowest BCUT2D eigenvalue weighted by molar-refractivity contribution is -0.127. The number of rotatable bonds is 2. The van der Waals surface area contributed by atoms with Crippen LogP contribution in [0.5, 0.6) is 0 Å². The molecule has 0 radical (unpaired) electrons. The van der Waals surface area contributed by atoms with Gasteiger partial charge in [-0.25, -0.2) is 9.97 Å². The summed E-state index contributed by atoms with van der Waals surface area (Å²) >= 11 is 0. The minimum absolute atomic E-state index is 0.0643. The summed E-state index contributed by atoms with van der Waals surface area (Å²) in [6, 6.07) is 1.32. The van der Waals surface area contributed by atoms with Gasteiger partial charge in [0.15, 0.2) is 0 Å². The van der Waals surface area contributed by atoms with Gasteiger partial charge >= 0.3 is 6.18 Å². The largest absolute Gasteiger partial charge is 0.394 e. The van der Waals surface area contributed by atoms with Crippen molar-refractivity contribution in [3.8, 4) is 0 Å². The lowest BCUT2D eigenvalue weighted by Crippen LogP contribution is -2.13. The van der Waals surface area contributed by atoms with E-state index in [1.165, 1.54) is 12.3 Å². The molecule has 0 saturated heterocycles. The molecule has 1 aliphatic rings. The van der Waals surface area contributed by atoms with Crippen LogP contribution < -0.4 is 0 Å². The molecule has 14 heavy (non-hydrogen) atoms. The lowest BCUT2D eigenvalue weighted by Gasteiger charge is -2.05. The lowest BCUT2D eigenvalue weighted by atomic mass is 10.3. The Kier molecular flexibility index (Phi) is 2.17. The van der Waals surface area contributed by atoms with E-state index < -0.39 is 12.6 Å². The predicted octanol–water partition coefficient (Wildman–Crippen LogP) is 2.46. The Balaban J connectivity index is 2.13. The molecule has 0 aromatic carbocycles. The molecule has 0 amide bonds. The summed E-state index contributed by atoms with van der Waals surface area (Å²) in [6.07, 6.45) is -1.75. The van der Waals surface area contributed by atoms with Crippen LogP contribution in [-0.4, -0.2) is 16.1 Å². The fraction of sp³-hybridized carbons (Fsp3) is 0.556. The second-order valence-electron chi connectivity index (χ2n) is 3.47. The van der Waals surface area contributed by atoms with Gasteiger partial charge in [0.1, 0.15) is 5.82 Å². The molecular weight excluding hydrogens is 193 g/mol. The number of hydrogen-bond donors (Lipinski definition) is 0. The van der Waals surface area contributed by atoms with Gasteiger partial charge in [-0.3, -0.25) is 0 Å². The van der Waals surface area contributed by atoms with Gasteiger partial charge in [0, 0.05) is 12.1 Å². The first-order chi connectivity index (χ1) is 6.54. The van der Waals surface area contributed by atoms with Crippen molar-refractivity contribution in [1.82, 2.24) is 9.97 Å². The van der Waals surface area contributed by atoms with E-state index in [2.05, 4.69) is 9.97 Å². The van der Waals surface area contributed by atoms with Gasteiger partial charge in [-0.2, -0.15) is 13.2 Å². The third kappa shape index (κ3) is 2.43. The average Bonchev–Trinajstić information content (AvgIpc) is 2.83. The molecule has 0 N–H and O–H groups in total. The van der Waals surface area contributed by atoms with Crippen molar-refractivity contribution in [2.24, 2.45) is 0 Å². The van der Waals surface area contributed by atoms with Gasteiger partial charge in [-0.15, -0.1) is 0 Å². The van der Waals surface area contributed by atoms with Crippen LogP contribution in [0.25, 0.3) is 0 Å². The van der Waals surface area contributed by atoms with Crippen molar-refractivity contribution in [3.63, 3.8) is 0 Å². The van der Waals surface area contributed by atoms with Crippen LogP contribution in [-0.2, 0) is 6.42 Å². The number of nitrogens with zero attached hydrogens (tertiary/aromatic N) is 2. The Morgan fingerprint density at radius 2 is 2.07 bits per heavy atom. The maximum Gasteiger partial charge on any atom is 0.394 e. The third-order valence-corrected chi connectivity index (χ3v) is 2.06. The summed E-state index contributed by atoms with van der Waals surface area (Å²) in [7, 11) is 0. The summed E-state index contributed by atoms with van der Waals surface area (Å²) < 4.78 is 36.1. The highest BCUT2D eigenvalue weighted by molar-refractivity contribution is 5.10. The molecule has 5 heteroatoms. The highest BCUT2D eigenvalue weighted by Gasteiger charge is 2.30. The maximum atomic E-state index is 12.0. The van der Waals surface area contributed by atoms with E-state index in [4.69, 9.17) is 0 Å². The summed E-state index contributed by atoms with van der Waals surface area (Å²) in [5.74, 6) is 0.856. The normalized spacial score (nSPS) is 17.1. The van der Waals surface area contributed by atoms with Gasteiger partial charge in [0.25, 0.3) is 0 Å². The zero-order valence-corrected chi connectivity index (χ0v) is 7.38. The molecule has 1 saturated carbocycles. The molecule has 0 aliphatic heterocycles. The van der Waals surface area contributed by atoms with Crippen LogP contribution in [0.4, 0.5) is 13.2 Å². The number of halogens is 3. The van der Waals surface area contributed by atoms with E-state index in [0.717, 1.165) is 12.8 Å². The molecule has 0 atom stereocenters. The molecule has 0 unspecified atom stereocenters. The number of alkyl halides is 3. The first-order valence-electron chi connectivity index (χ1n) is 4.43. The van der Waals surface area contributed by atoms with Gasteiger partial charge in [-0.05, 0) is 18.9 Å². The highest BCUT2D eigenvalue weighted by Crippen LogP contribution is 2.37. The number of aromatic nitrogens is 2. The molecule has 0 bridgehead atoms. The van der Waals surface area contributed by atoms with E-state index in [-0.39, 0.29) is 5.69 Å². The Labute approximate surface area is 79.2 Å². The zero-order valence-electron chi connectivity index (χ0n) is 7.38. The van der Waals surface area contributed by atoms with Crippen molar-refractivity contribution in [1.29, 1.82) is 0 Å². The Morgan fingerprint density at radius 3 is 2.64 bits per heavy atom. The van der Waals surface area contributed by atoms with Gasteiger partial charge in [0.2, 0.25) is 0 Å². The Hall–Kier alpha value is -1.13. The van der Waals surface area contributed by atoms with Gasteiger partial charge in [-0.1, -0.05) is 0 Å².